The van der Waals surface area contributed by atoms with Gasteiger partial charge in [0.25, 0.3) is 0 Å². The summed E-state index contributed by atoms with van der Waals surface area (Å²) in [5, 5.41) is 0. The van der Waals surface area contributed by atoms with E-state index < -0.39 is 0 Å². The summed E-state index contributed by atoms with van der Waals surface area (Å²) in [6, 6.07) is 9.29. The smallest absolute Gasteiger partial charge is 0.0731 e. The minimum atomic E-state index is 0.167. The fourth-order valence-electron chi connectivity index (χ4n) is 0.652. The van der Waals surface area contributed by atoms with Crippen molar-refractivity contribution in [3.05, 3.63) is 35.9 Å². The highest BCUT2D eigenvalue weighted by Crippen LogP contribution is 1.96. The Labute approximate surface area is 53.4 Å². The summed E-state index contributed by atoms with van der Waals surface area (Å²) in [6.45, 7) is 0.167. The van der Waals surface area contributed by atoms with Crippen molar-refractivity contribution in [3.63, 3.8) is 0 Å². The number of hydrogen-bond acceptors (Lipinski definition) is 0. The van der Waals surface area contributed by atoms with E-state index in [2.05, 4.69) is 5.54 Å². The Balaban J connectivity index is 2.61. The molecule has 0 amide bonds. The van der Waals surface area contributed by atoms with Crippen LogP contribution in [-0.4, -0.2) is 0 Å². The summed E-state index contributed by atoms with van der Waals surface area (Å²) in [4.78, 5) is 0. The Morgan fingerprint density at radius 1 is 1.22 bits per heavy atom. The molecule has 2 heteroatoms. The van der Waals surface area contributed by atoms with Gasteiger partial charge in [-0.1, -0.05) is 30.3 Å². The van der Waals surface area contributed by atoms with Gasteiger partial charge < -0.3 is 0 Å². The zero-order valence-corrected chi connectivity index (χ0v) is 4.92. The molecule has 0 atom stereocenters. The van der Waals surface area contributed by atoms with Crippen molar-refractivity contribution in [1.29, 1.82) is 0 Å². The lowest BCUT2D eigenvalue weighted by atomic mass is 10.2. The van der Waals surface area contributed by atoms with Gasteiger partial charge in [0.05, 0.1) is 6.54 Å². The Morgan fingerprint density at radius 2 is 1.89 bits per heavy atom. The summed E-state index contributed by atoms with van der Waals surface area (Å²) in [5.41, 5.74) is 3.41. The maximum atomic E-state index is 11.3. The summed E-state index contributed by atoms with van der Waals surface area (Å²) >= 11 is 0. The van der Waals surface area contributed by atoms with Crippen LogP contribution in [0.2, 0.25) is 0 Å². The van der Waals surface area contributed by atoms with Gasteiger partial charge in [0.2, 0.25) is 0 Å². The molecule has 0 N–H and O–H groups in total. The van der Waals surface area contributed by atoms with Crippen molar-refractivity contribution >= 4 is 0 Å². The van der Waals surface area contributed by atoms with Crippen LogP contribution < -0.4 is 5.54 Å². The topological polar surface area (TPSA) is 14.1 Å². The number of hydrogen-bond donors (Lipinski definition) is 0. The highest BCUT2D eigenvalue weighted by Gasteiger charge is 1.87. The Kier molecular flexibility index (Phi) is 2.22. The standard InChI is InChI=1S/C7H7FN/c8-9-6-7-4-2-1-3-5-7/h1-5H,6H2. The maximum absolute atomic E-state index is 11.3. The van der Waals surface area contributed by atoms with Crippen molar-refractivity contribution in [1.82, 2.24) is 5.54 Å². The van der Waals surface area contributed by atoms with E-state index in [4.69, 9.17) is 0 Å². The summed E-state index contributed by atoms with van der Waals surface area (Å²) in [5.74, 6) is 0. The predicted molar refractivity (Wildman–Crippen MR) is 33.4 cm³/mol. The molecule has 0 aliphatic heterocycles. The van der Waals surface area contributed by atoms with Gasteiger partial charge >= 0.3 is 0 Å². The number of halogens is 1. The highest BCUT2D eigenvalue weighted by atomic mass is 19.2. The van der Waals surface area contributed by atoms with E-state index in [0.29, 0.717) is 0 Å². The second-order valence-corrected chi connectivity index (χ2v) is 1.76. The lowest BCUT2D eigenvalue weighted by molar-refractivity contribution is 0.317. The third-order valence-electron chi connectivity index (χ3n) is 1.09. The molecule has 1 rings (SSSR count). The normalized spacial score (nSPS) is 9.44. The van der Waals surface area contributed by atoms with Crippen molar-refractivity contribution in [2.24, 2.45) is 0 Å². The van der Waals surface area contributed by atoms with Crippen LogP contribution in [0.4, 0.5) is 4.48 Å². The molecule has 0 fully saturated rings. The third kappa shape index (κ3) is 1.82. The molecule has 0 heterocycles. The Morgan fingerprint density at radius 3 is 2.44 bits per heavy atom. The molecule has 0 bridgehead atoms. The summed E-state index contributed by atoms with van der Waals surface area (Å²) < 4.78 is 11.3. The molecule has 1 radical (unpaired) electrons. The van der Waals surface area contributed by atoms with Gasteiger partial charge in [0.15, 0.2) is 0 Å². The first-order valence-electron chi connectivity index (χ1n) is 2.75. The average molecular weight is 124 g/mol. The monoisotopic (exact) mass is 124 g/mol. The van der Waals surface area contributed by atoms with Gasteiger partial charge in [-0.3, -0.25) is 0 Å². The van der Waals surface area contributed by atoms with Crippen LogP contribution in [0.3, 0.4) is 0 Å². The van der Waals surface area contributed by atoms with Gasteiger partial charge in [-0.15, -0.1) is 4.48 Å². The SMILES string of the molecule is F[N]Cc1ccccc1. The minimum Gasteiger partial charge on any atom is -0.115 e. The van der Waals surface area contributed by atoms with Gasteiger partial charge in [-0.25, -0.2) is 0 Å². The maximum Gasteiger partial charge on any atom is 0.0731 e. The number of rotatable bonds is 2. The molecular formula is C7H7FN. The van der Waals surface area contributed by atoms with Crippen LogP contribution in [0, 0.1) is 0 Å². The van der Waals surface area contributed by atoms with Crippen LogP contribution >= 0.6 is 0 Å². The second-order valence-electron chi connectivity index (χ2n) is 1.76. The molecular weight excluding hydrogens is 117 g/mol. The van der Waals surface area contributed by atoms with E-state index in [9.17, 15) is 4.48 Å². The minimum absolute atomic E-state index is 0.167. The Bertz CT molecular complexity index is 162. The molecule has 1 aromatic rings. The summed E-state index contributed by atoms with van der Waals surface area (Å²) in [6.07, 6.45) is 0. The van der Waals surface area contributed by atoms with Crippen molar-refractivity contribution in [2.45, 2.75) is 6.54 Å². The second kappa shape index (κ2) is 3.20. The van der Waals surface area contributed by atoms with Crippen LogP contribution in [0.1, 0.15) is 5.56 Å². The zero-order valence-electron chi connectivity index (χ0n) is 4.92. The number of nitrogens with zero attached hydrogens (tertiary/aromatic N) is 1. The fraction of sp³-hybridized carbons (Fsp3) is 0.143. The Hall–Kier alpha value is -0.890. The fourth-order valence-corrected chi connectivity index (χ4v) is 0.652. The van der Waals surface area contributed by atoms with Crippen LogP contribution in [-0.2, 0) is 6.54 Å². The first-order chi connectivity index (χ1) is 4.43. The molecule has 0 unspecified atom stereocenters. The molecule has 47 valence electrons. The molecule has 0 saturated heterocycles. The quantitative estimate of drug-likeness (QED) is 0.569. The molecule has 0 aliphatic rings. The molecule has 1 aromatic carbocycles. The summed E-state index contributed by atoms with van der Waals surface area (Å²) in [7, 11) is 0. The first-order valence-corrected chi connectivity index (χ1v) is 2.75. The predicted octanol–water partition coefficient (Wildman–Crippen LogP) is 1.68. The van der Waals surface area contributed by atoms with E-state index in [1.807, 2.05) is 30.3 Å². The van der Waals surface area contributed by atoms with E-state index in [-0.39, 0.29) is 6.54 Å². The lowest BCUT2D eigenvalue weighted by Crippen LogP contribution is -1.90. The van der Waals surface area contributed by atoms with Crippen LogP contribution in [0.25, 0.3) is 0 Å². The molecule has 1 nitrogen and oxygen atoms in total. The molecule has 9 heavy (non-hydrogen) atoms. The lowest BCUT2D eigenvalue weighted by Gasteiger charge is -1.91. The van der Waals surface area contributed by atoms with Crippen molar-refractivity contribution in [3.8, 4) is 0 Å². The highest BCUT2D eigenvalue weighted by molar-refractivity contribution is 5.13. The van der Waals surface area contributed by atoms with Gasteiger partial charge in [0, 0.05) is 0 Å². The van der Waals surface area contributed by atoms with E-state index in [1.54, 1.807) is 0 Å². The molecule has 0 saturated carbocycles. The third-order valence-corrected chi connectivity index (χ3v) is 1.09. The van der Waals surface area contributed by atoms with E-state index in [1.165, 1.54) is 0 Å². The van der Waals surface area contributed by atoms with Gasteiger partial charge in [0.1, 0.15) is 0 Å². The average Bonchev–Trinajstić information content (AvgIpc) is 1.91. The van der Waals surface area contributed by atoms with Gasteiger partial charge in [-0.2, -0.15) is 0 Å². The number of benzene rings is 1. The molecule has 0 aliphatic carbocycles. The zero-order chi connectivity index (χ0) is 6.53. The molecule has 0 spiro atoms. The van der Waals surface area contributed by atoms with E-state index >= 15 is 0 Å². The largest absolute Gasteiger partial charge is 0.115 e. The van der Waals surface area contributed by atoms with Crippen LogP contribution in [0.5, 0.6) is 0 Å². The van der Waals surface area contributed by atoms with Gasteiger partial charge in [-0.05, 0) is 11.1 Å². The van der Waals surface area contributed by atoms with Crippen LogP contribution in [0.15, 0.2) is 30.3 Å². The molecule has 0 aromatic heterocycles. The van der Waals surface area contributed by atoms with E-state index in [0.717, 1.165) is 5.56 Å². The first kappa shape index (κ1) is 6.23. The van der Waals surface area contributed by atoms with Crippen molar-refractivity contribution < 1.29 is 4.48 Å². The van der Waals surface area contributed by atoms with Crippen molar-refractivity contribution in [2.75, 3.05) is 0 Å².